The summed E-state index contributed by atoms with van der Waals surface area (Å²) >= 11 is 6.21. The van der Waals surface area contributed by atoms with Gasteiger partial charge >= 0.3 is 6.18 Å². The molecule has 0 atom stereocenters. The largest absolute Gasteiger partial charge is 0.467 e. The number of halogens is 4. The van der Waals surface area contributed by atoms with Gasteiger partial charge in [-0.15, -0.1) is 0 Å². The van der Waals surface area contributed by atoms with E-state index in [-0.39, 0.29) is 11.4 Å². The molecule has 1 aliphatic rings. The second kappa shape index (κ2) is 8.04. The number of alkyl halides is 3. The maximum Gasteiger partial charge on any atom is 0.422 e. The van der Waals surface area contributed by atoms with Gasteiger partial charge in [-0.25, -0.2) is 4.98 Å². The highest BCUT2D eigenvalue weighted by Crippen LogP contribution is 2.27. The Morgan fingerprint density at radius 2 is 1.81 bits per heavy atom. The number of hydrogen-bond donors (Lipinski definition) is 0. The normalized spacial score (nSPS) is 15.0. The zero-order chi connectivity index (χ0) is 19.4. The van der Waals surface area contributed by atoms with E-state index in [9.17, 15) is 18.0 Å². The minimum absolute atomic E-state index is 0.0212. The SMILES string of the molecule is O=C(c1cccnc1OCC(F)(F)F)N1CCN(c2ccccc2Cl)CC1. The zero-order valence-electron chi connectivity index (χ0n) is 14.2. The molecule has 0 saturated carbocycles. The van der Waals surface area contributed by atoms with Crippen LogP contribution in [-0.2, 0) is 0 Å². The Hall–Kier alpha value is -2.48. The highest BCUT2D eigenvalue weighted by atomic mass is 35.5. The fourth-order valence-corrected chi connectivity index (χ4v) is 3.10. The zero-order valence-corrected chi connectivity index (χ0v) is 15.0. The molecule has 0 radical (unpaired) electrons. The molecule has 0 aliphatic carbocycles. The molecule has 9 heteroatoms. The maximum absolute atomic E-state index is 12.7. The fraction of sp³-hybridized carbons (Fsp3) is 0.333. The van der Waals surface area contributed by atoms with Crippen molar-refractivity contribution < 1.29 is 22.7 Å². The van der Waals surface area contributed by atoms with Gasteiger partial charge in [-0.2, -0.15) is 13.2 Å². The third-order valence-electron chi connectivity index (χ3n) is 4.13. The second-order valence-electron chi connectivity index (χ2n) is 5.99. The van der Waals surface area contributed by atoms with Gasteiger partial charge in [-0.05, 0) is 24.3 Å². The molecule has 1 fully saturated rings. The number of piperazine rings is 1. The Labute approximate surface area is 159 Å². The van der Waals surface area contributed by atoms with Crippen LogP contribution in [-0.4, -0.2) is 54.8 Å². The average Bonchev–Trinajstić information content (AvgIpc) is 2.66. The number of aromatic nitrogens is 1. The lowest BCUT2D eigenvalue weighted by Crippen LogP contribution is -2.49. The summed E-state index contributed by atoms with van der Waals surface area (Å²) in [6, 6.07) is 10.3. The summed E-state index contributed by atoms with van der Waals surface area (Å²) in [5, 5.41) is 0.632. The summed E-state index contributed by atoms with van der Waals surface area (Å²) in [6.07, 6.45) is -3.21. The maximum atomic E-state index is 12.7. The van der Waals surface area contributed by atoms with Gasteiger partial charge in [-0.1, -0.05) is 23.7 Å². The van der Waals surface area contributed by atoms with Gasteiger partial charge in [0.25, 0.3) is 5.91 Å². The number of carbonyl (C=O) groups is 1. The Bertz CT molecular complexity index is 808. The van der Waals surface area contributed by atoms with Crippen LogP contribution in [0.3, 0.4) is 0 Å². The number of para-hydroxylation sites is 1. The molecule has 3 rings (SSSR count). The van der Waals surface area contributed by atoms with Crippen LogP contribution in [0.25, 0.3) is 0 Å². The molecule has 27 heavy (non-hydrogen) atoms. The summed E-state index contributed by atoms with van der Waals surface area (Å²) in [7, 11) is 0. The number of rotatable bonds is 4. The van der Waals surface area contributed by atoms with E-state index in [1.54, 1.807) is 11.0 Å². The summed E-state index contributed by atoms with van der Waals surface area (Å²) in [6.45, 7) is 0.461. The molecule has 0 N–H and O–H groups in total. The first-order chi connectivity index (χ1) is 12.8. The van der Waals surface area contributed by atoms with Gasteiger partial charge in [0.2, 0.25) is 5.88 Å². The quantitative estimate of drug-likeness (QED) is 0.787. The Balaban J connectivity index is 1.67. The number of anilines is 1. The van der Waals surface area contributed by atoms with E-state index in [1.807, 2.05) is 18.2 Å². The summed E-state index contributed by atoms with van der Waals surface area (Å²) in [4.78, 5) is 20.1. The van der Waals surface area contributed by atoms with Crippen LogP contribution >= 0.6 is 11.6 Å². The molecule has 1 aliphatic heterocycles. The van der Waals surface area contributed by atoms with Gasteiger partial charge in [-0.3, -0.25) is 4.79 Å². The van der Waals surface area contributed by atoms with Gasteiger partial charge in [0.15, 0.2) is 6.61 Å². The van der Waals surface area contributed by atoms with Crippen molar-refractivity contribution in [1.82, 2.24) is 9.88 Å². The molecule has 1 saturated heterocycles. The van der Waals surface area contributed by atoms with Gasteiger partial charge in [0.1, 0.15) is 5.56 Å². The number of hydrogen-bond acceptors (Lipinski definition) is 4. The Kier molecular flexibility index (Phi) is 5.74. The number of ether oxygens (including phenoxy) is 1. The lowest BCUT2D eigenvalue weighted by molar-refractivity contribution is -0.154. The van der Waals surface area contributed by atoms with Crippen molar-refractivity contribution in [3.63, 3.8) is 0 Å². The molecule has 144 valence electrons. The fourth-order valence-electron chi connectivity index (χ4n) is 2.85. The number of pyridine rings is 1. The van der Waals surface area contributed by atoms with E-state index in [4.69, 9.17) is 16.3 Å². The van der Waals surface area contributed by atoms with E-state index >= 15 is 0 Å². The molecule has 5 nitrogen and oxygen atoms in total. The molecule has 0 bridgehead atoms. The van der Waals surface area contributed by atoms with Gasteiger partial charge in [0.05, 0.1) is 10.7 Å². The molecule has 2 heterocycles. The van der Waals surface area contributed by atoms with Crippen LogP contribution in [0.5, 0.6) is 5.88 Å². The van der Waals surface area contributed by atoms with Crippen LogP contribution < -0.4 is 9.64 Å². The second-order valence-corrected chi connectivity index (χ2v) is 6.40. The van der Waals surface area contributed by atoms with Crippen LogP contribution in [0.15, 0.2) is 42.6 Å². The van der Waals surface area contributed by atoms with E-state index in [1.165, 1.54) is 18.3 Å². The predicted octanol–water partition coefficient (Wildman–Crippen LogP) is 3.64. The van der Waals surface area contributed by atoms with E-state index in [0.717, 1.165) is 5.69 Å². The Morgan fingerprint density at radius 1 is 1.11 bits per heavy atom. The Morgan fingerprint density at radius 3 is 2.48 bits per heavy atom. The van der Waals surface area contributed by atoms with Gasteiger partial charge in [0, 0.05) is 32.4 Å². The van der Waals surface area contributed by atoms with Crippen LogP contribution in [0.2, 0.25) is 5.02 Å². The van der Waals surface area contributed by atoms with Crippen molar-refractivity contribution in [2.75, 3.05) is 37.7 Å². The molecule has 1 aromatic carbocycles. The molecular weight excluding hydrogens is 383 g/mol. The highest BCUT2D eigenvalue weighted by Gasteiger charge is 2.31. The first kappa shape index (κ1) is 19.3. The molecular formula is C18H17ClF3N3O2. The van der Waals surface area contributed by atoms with Crippen molar-refractivity contribution in [1.29, 1.82) is 0 Å². The van der Waals surface area contributed by atoms with E-state index < -0.39 is 18.7 Å². The first-order valence-corrected chi connectivity index (χ1v) is 8.66. The molecule has 0 unspecified atom stereocenters. The van der Waals surface area contributed by atoms with Crippen LogP contribution in [0.4, 0.5) is 18.9 Å². The van der Waals surface area contributed by atoms with Crippen molar-refractivity contribution in [3.05, 3.63) is 53.2 Å². The van der Waals surface area contributed by atoms with Gasteiger partial charge < -0.3 is 14.5 Å². The number of amides is 1. The topological polar surface area (TPSA) is 45.7 Å². The molecule has 1 aromatic heterocycles. The van der Waals surface area contributed by atoms with Crippen LogP contribution in [0, 0.1) is 0 Å². The standard InChI is InChI=1S/C18H17ClF3N3O2/c19-14-5-1-2-6-15(14)24-8-10-25(11-9-24)17(26)13-4-3-7-23-16(13)27-12-18(20,21)22/h1-7H,8-12H2. The summed E-state index contributed by atoms with van der Waals surface area (Å²) < 4.78 is 41.9. The van der Waals surface area contributed by atoms with Crippen LogP contribution in [0.1, 0.15) is 10.4 Å². The van der Waals surface area contributed by atoms with Crippen molar-refractivity contribution >= 4 is 23.2 Å². The van der Waals surface area contributed by atoms with E-state index in [2.05, 4.69) is 9.88 Å². The van der Waals surface area contributed by atoms with Crippen molar-refractivity contribution in [2.45, 2.75) is 6.18 Å². The minimum Gasteiger partial charge on any atom is -0.467 e. The predicted molar refractivity (Wildman–Crippen MR) is 95.4 cm³/mol. The lowest BCUT2D eigenvalue weighted by Gasteiger charge is -2.36. The minimum atomic E-state index is -4.50. The lowest BCUT2D eigenvalue weighted by atomic mass is 10.2. The smallest absolute Gasteiger partial charge is 0.422 e. The number of carbonyl (C=O) groups excluding carboxylic acids is 1. The monoisotopic (exact) mass is 399 g/mol. The number of nitrogens with zero attached hydrogens (tertiary/aromatic N) is 3. The molecule has 0 spiro atoms. The summed E-state index contributed by atoms with van der Waals surface area (Å²) in [5.74, 6) is -0.715. The van der Waals surface area contributed by atoms with Crippen molar-refractivity contribution in [2.24, 2.45) is 0 Å². The third kappa shape index (κ3) is 4.82. The molecule has 2 aromatic rings. The first-order valence-electron chi connectivity index (χ1n) is 8.28. The van der Waals surface area contributed by atoms with Crippen molar-refractivity contribution in [3.8, 4) is 5.88 Å². The average molecular weight is 400 g/mol. The molecule has 1 amide bonds. The van der Waals surface area contributed by atoms with E-state index in [0.29, 0.717) is 31.2 Å². The number of benzene rings is 1. The highest BCUT2D eigenvalue weighted by molar-refractivity contribution is 6.33. The third-order valence-corrected chi connectivity index (χ3v) is 4.45. The summed E-state index contributed by atoms with van der Waals surface area (Å²) in [5.41, 5.74) is 0.912.